The number of ether oxygens (including phenoxy) is 3. The molecule has 0 spiro atoms. The average molecular weight is 365 g/mol. The van der Waals surface area contributed by atoms with Gasteiger partial charge in [0.1, 0.15) is 19.0 Å². The Kier molecular flexibility index (Phi) is 6.72. The summed E-state index contributed by atoms with van der Waals surface area (Å²) < 4.78 is 16.7. The van der Waals surface area contributed by atoms with Crippen molar-refractivity contribution in [2.45, 2.75) is 19.1 Å². The molecule has 1 heterocycles. The Balaban J connectivity index is 1.48. The summed E-state index contributed by atoms with van der Waals surface area (Å²) in [6.45, 7) is 2.11. The zero-order valence-corrected chi connectivity index (χ0v) is 15.2. The van der Waals surface area contributed by atoms with Crippen LogP contribution < -0.4 is 4.74 Å². The molecule has 1 unspecified atom stereocenters. The molecule has 0 aliphatic carbocycles. The summed E-state index contributed by atoms with van der Waals surface area (Å²) in [6.07, 6.45) is 5.43. The summed E-state index contributed by atoms with van der Waals surface area (Å²) in [6, 6.07) is 17.7. The van der Waals surface area contributed by atoms with Gasteiger partial charge >= 0.3 is 6.09 Å². The van der Waals surface area contributed by atoms with E-state index in [1.54, 1.807) is 4.90 Å². The van der Waals surface area contributed by atoms with Gasteiger partial charge in [0.2, 0.25) is 0 Å². The van der Waals surface area contributed by atoms with E-state index in [0.29, 0.717) is 32.1 Å². The van der Waals surface area contributed by atoms with Gasteiger partial charge in [-0.05, 0) is 18.1 Å². The van der Waals surface area contributed by atoms with Gasteiger partial charge in [0.05, 0.1) is 13.2 Å². The number of terminal acetylenes is 1. The Labute approximate surface area is 159 Å². The lowest BCUT2D eigenvalue weighted by atomic mass is 10.1. The van der Waals surface area contributed by atoms with Crippen molar-refractivity contribution in [1.29, 1.82) is 0 Å². The monoisotopic (exact) mass is 365 g/mol. The fraction of sp³-hybridized carbons (Fsp3) is 0.318. The van der Waals surface area contributed by atoms with Crippen molar-refractivity contribution < 1.29 is 19.0 Å². The van der Waals surface area contributed by atoms with Crippen molar-refractivity contribution in [2.24, 2.45) is 0 Å². The van der Waals surface area contributed by atoms with E-state index >= 15 is 0 Å². The molecule has 1 aliphatic heterocycles. The molecule has 1 fully saturated rings. The maximum absolute atomic E-state index is 12.1. The van der Waals surface area contributed by atoms with Crippen LogP contribution in [0.4, 0.5) is 4.79 Å². The summed E-state index contributed by atoms with van der Waals surface area (Å²) in [7, 11) is 0. The predicted octanol–water partition coefficient (Wildman–Crippen LogP) is 3.28. The summed E-state index contributed by atoms with van der Waals surface area (Å²) in [5.74, 6) is 3.16. The molecule has 1 atom stereocenters. The highest BCUT2D eigenvalue weighted by molar-refractivity contribution is 5.69. The highest BCUT2D eigenvalue weighted by Crippen LogP contribution is 2.21. The van der Waals surface area contributed by atoms with Gasteiger partial charge < -0.3 is 19.1 Å². The number of hydrogen-bond acceptors (Lipinski definition) is 4. The highest BCUT2D eigenvalue weighted by atomic mass is 16.6. The maximum Gasteiger partial charge on any atom is 0.410 e. The topological polar surface area (TPSA) is 48.0 Å². The molecule has 2 aromatic carbocycles. The van der Waals surface area contributed by atoms with Crippen LogP contribution in [0.1, 0.15) is 11.1 Å². The number of para-hydroxylation sites is 1. The van der Waals surface area contributed by atoms with Crippen LogP contribution in [-0.2, 0) is 22.5 Å². The lowest BCUT2D eigenvalue weighted by molar-refractivity contribution is 0.100. The normalized spacial score (nSPS) is 16.0. The second-order valence-corrected chi connectivity index (χ2v) is 6.30. The Bertz CT molecular complexity index is 784. The van der Waals surface area contributed by atoms with Crippen LogP contribution >= 0.6 is 0 Å². The molecule has 1 aliphatic rings. The van der Waals surface area contributed by atoms with Gasteiger partial charge in [0.15, 0.2) is 6.10 Å². The standard InChI is InChI=1S/C22H23NO4/c1-2-14-25-16-19-10-6-7-11-21(19)26-17-20-15-23(22(24)27-20)13-12-18-8-4-3-5-9-18/h1,3-11,20H,12-17H2. The molecule has 1 saturated heterocycles. The van der Waals surface area contributed by atoms with E-state index in [4.69, 9.17) is 20.6 Å². The zero-order valence-electron chi connectivity index (χ0n) is 15.2. The van der Waals surface area contributed by atoms with Crippen LogP contribution in [0.15, 0.2) is 54.6 Å². The van der Waals surface area contributed by atoms with E-state index in [1.165, 1.54) is 5.56 Å². The summed E-state index contributed by atoms with van der Waals surface area (Å²) >= 11 is 0. The average Bonchev–Trinajstić information content (AvgIpc) is 3.06. The predicted molar refractivity (Wildman–Crippen MR) is 102 cm³/mol. The first-order valence-electron chi connectivity index (χ1n) is 8.97. The minimum atomic E-state index is -0.287. The third-order valence-electron chi connectivity index (χ3n) is 4.30. The third kappa shape index (κ3) is 5.50. The number of rotatable bonds is 9. The molecule has 0 aromatic heterocycles. The van der Waals surface area contributed by atoms with Gasteiger partial charge in [-0.3, -0.25) is 0 Å². The van der Waals surface area contributed by atoms with E-state index in [9.17, 15) is 4.79 Å². The summed E-state index contributed by atoms with van der Waals surface area (Å²) in [4.78, 5) is 13.8. The quantitative estimate of drug-likeness (QED) is 0.505. The minimum absolute atomic E-state index is 0.255. The molecule has 1 amide bonds. The molecule has 2 aromatic rings. The lowest BCUT2D eigenvalue weighted by Gasteiger charge is -2.14. The van der Waals surface area contributed by atoms with Crippen LogP contribution in [0.25, 0.3) is 0 Å². The first-order valence-corrected chi connectivity index (χ1v) is 8.97. The van der Waals surface area contributed by atoms with Gasteiger partial charge in [0.25, 0.3) is 0 Å². The van der Waals surface area contributed by atoms with Crippen molar-refractivity contribution in [3.63, 3.8) is 0 Å². The SMILES string of the molecule is C#CCOCc1ccccc1OCC1CN(CCc2ccccc2)C(=O)O1. The molecule has 0 saturated carbocycles. The fourth-order valence-electron chi connectivity index (χ4n) is 2.92. The van der Waals surface area contributed by atoms with Crippen molar-refractivity contribution in [2.75, 3.05) is 26.3 Å². The first-order chi connectivity index (χ1) is 13.3. The van der Waals surface area contributed by atoms with E-state index < -0.39 is 0 Å². The van der Waals surface area contributed by atoms with Gasteiger partial charge in [-0.25, -0.2) is 4.79 Å². The van der Waals surface area contributed by atoms with E-state index in [2.05, 4.69) is 18.1 Å². The summed E-state index contributed by atoms with van der Waals surface area (Å²) in [5.41, 5.74) is 2.11. The molecule has 0 N–H and O–H groups in total. The van der Waals surface area contributed by atoms with Crippen molar-refractivity contribution >= 4 is 6.09 Å². The second kappa shape index (κ2) is 9.65. The van der Waals surface area contributed by atoms with Crippen LogP contribution in [0.3, 0.4) is 0 Å². The maximum atomic E-state index is 12.1. The van der Waals surface area contributed by atoms with Crippen molar-refractivity contribution in [3.8, 4) is 18.1 Å². The smallest absolute Gasteiger partial charge is 0.410 e. The molecule has 5 nitrogen and oxygen atoms in total. The van der Waals surface area contributed by atoms with E-state index in [1.807, 2.05) is 42.5 Å². The number of cyclic esters (lactones) is 1. The Morgan fingerprint density at radius 3 is 2.74 bits per heavy atom. The highest BCUT2D eigenvalue weighted by Gasteiger charge is 2.31. The Morgan fingerprint density at radius 1 is 1.15 bits per heavy atom. The molecule has 0 bridgehead atoms. The second-order valence-electron chi connectivity index (χ2n) is 6.30. The molecule has 0 radical (unpaired) electrons. The number of carbonyl (C=O) groups excluding carboxylic acids is 1. The largest absolute Gasteiger partial charge is 0.489 e. The third-order valence-corrected chi connectivity index (χ3v) is 4.30. The van der Waals surface area contributed by atoms with Crippen molar-refractivity contribution in [1.82, 2.24) is 4.90 Å². The van der Waals surface area contributed by atoms with E-state index in [0.717, 1.165) is 12.0 Å². The van der Waals surface area contributed by atoms with Crippen LogP contribution in [0.5, 0.6) is 5.75 Å². The van der Waals surface area contributed by atoms with E-state index in [-0.39, 0.29) is 18.8 Å². The molecule has 3 rings (SSSR count). The summed E-state index contributed by atoms with van der Waals surface area (Å²) in [5, 5.41) is 0. The number of benzene rings is 2. The number of carbonyl (C=O) groups is 1. The molecular weight excluding hydrogens is 342 g/mol. The lowest BCUT2D eigenvalue weighted by Crippen LogP contribution is -2.29. The number of nitrogens with zero attached hydrogens (tertiary/aromatic N) is 1. The van der Waals surface area contributed by atoms with Gasteiger partial charge in [-0.1, -0.05) is 54.5 Å². The first kappa shape index (κ1) is 18.8. The molecule has 27 heavy (non-hydrogen) atoms. The van der Waals surface area contributed by atoms with Crippen LogP contribution in [0.2, 0.25) is 0 Å². The van der Waals surface area contributed by atoms with Crippen LogP contribution in [-0.4, -0.2) is 43.4 Å². The zero-order chi connectivity index (χ0) is 18.9. The Morgan fingerprint density at radius 2 is 1.93 bits per heavy atom. The van der Waals surface area contributed by atoms with Gasteiger partial charge in [0, 0.05) is 12.1 Å². The van der Waals surface area contributed by atoms with Gasteiger partial charge in [-0.2, -0.15) is 0 Å². The Hall–Kier alpha value is -2.97. The number of amides is 1. The van der Waals surface area contributed by atoms with Crippen LogP contribution in [0, 0.1) is 12.3 Å². The molecule has 5 heteroatoms. The van der Waals surface area contributed by atoms with Crippen molar-refractivity contribution in [3.05, 3.63) is 65.7 Å². The fourth-order valence-corrected chi connectivity index (χ4v) is 2.92. The molecular formula is C22H23NO4. The minimum Gasteiger partial charge on any atom is -0.489 e. The van der Waals surface area contributed by atoms with Gasteiger partial charge in [-0.15, -0.1) is 6.42 Å². The number of hydrogen-bond donors (Lipinski definition) is 0. The molecule has 140 valence electrons.